The van der Waals surface area contributed by atoms with Crippen LogP contribution < -0.4 is 10.6 Å². The van der Waals surface area contributed by atoms with E-state index in [1.54, 1.807) is 0 Å². The Morgan fingerprint density at radius 3 is 2.48 bits per heavy atom. The van der Waals surface area contributed by atoms with Gasteiger partial charge < -0.3 is 10.6 Å². The minimum atomic E-state index is -0.200. The Labute approximate surface area is 159 Å². The van der Waals surface area contributed by atoms with Gasteiger partial charge in [0.25, 0.3) is 0 Å². The summed E-state index contributed by atoms with van der Waals surface area (Å²) < 4.78 is 0. The molecule has 0 saturated carbocycles. The van der Waals surface area contributed by atoms with Crippen molar-refractivity contribution in [3.63, 3.8) is 0 Å². The van der Waals surface area contributed by atoms with Crippen molar-refractivity contribution in [1.29, 1.82) is 0 Å². The fraction of sp³-hybridized carbons (Fsp3) is 0.350. The molecule has 0 aliphatic carbocycles. The van der Waals surface area contributed by atoms with Crippen LogP contribution in [0.3, 0.4) is 0 Å². The van der Waals surface area contributed by atoms with E-state index in [1.807, 2.05) is 36.9 Å². The van der Waals surface area contributed by atoms with Gasteiger partial charge in [0.2, 0.25) is 0 Å². The summed E-state index contributed by atoms with van der Waals surface area (Å²) in [7, 11) is 0. The van der Waals surface area contributed by atoms with E-state index in [0.717, 1.165) is 22.8 Å². The maximum absolute atomic E-state index is 12.0. The molecule has 0 fully saturated rings. The zero-order valence-corrected chi connectivity index (χ0v) is 16.8. The smallest absolute Gasteiger partial charge is 0.319 e. The Morgan fingerprint density at radius 1 is 1.12 bits per heavy atom. The topological polar surface area (TPSA) is 41.1 Å². The summed E-state index contributed by atoms with van der Waals surface area (Å²) in [5.74, 6) is 1.84. The second-order valence-corrected chi connectivity index (χ2v) is 7.74. The molecule has 0 aliphatic rings. The van der Waals surface area contributed by atoms with Crippen LogP contribution in [0.2, 0.25) is 5.02 Å². The number of urea groups is 1. The number of carbonyl (C=O) groups is 1. The van der Waals surface area contributed by atoms with Gasteiger partial charge in [0.05, 0.1) is 0 Å². The van der Waals surface area contributed by atoms with Crippen molar-refractivity contribution < 1.29 is 4.79 Å². The van der Waals surface area contributed by atoms with Gasteiger partial charge in [-0.2, -0.15) is 11.8 Å². The van der Waals surface area contributed by atoms with Crippen molar-refractivity contribution in [2.45, 2.75) is 33.4 Å². The number of carbonyl (C=O) groups excluding carboxylic acids is 1. The molecule has 0 heterocycles. The predicted molar refractivity (Wildman–Crippen MR) is 110 cm³/mol. The molecule has 5 heteroatoms. The number of rotatable bonds is 6. The van der Waals surface area contributed by atoms with Crippen molar-refractivity contribution in [3.8, 4) is 0 Å². The van der Waals surface area contributed by atoms with Gasteiger partial charge in [0, 0.05) is 28.8 Å². The number of halogens is 1. The molecule has 0 saturated heterocycles. The average molecular weight is 377 g/mol. The van der Waals surface area contributed by atoms with E-state index in [2.05, 4.69) is 43.5 Å². The quantitative estimate of drug-likeness (QED) is 0.641. The van der Waals surface area contributed by atoms with Gasteiger partial charge >= 0.3 is 6.03 Å². The van der Waals surface area contributed by atoms with Crippen LogP contribution in [0.5, 0.6) is 0 Å². The Kier molecular flexibility index (Phi) is 7.21. The lowest BCUT2D eigenvalue weighted by Crippen LogP contribution is -2.30. The van der Waals surface area contributed by atoms with Crippen LogP contribution in [0.1, 0.15) is 27.8 Å². The Morgan fingerprint density at radius 2 is 1.80 bits per heavy atom. The molecule has 0 radical (unpaired) electrons. The van der Waals surface area contributed by atoms with Gasteiger partial charge in [-0.3, -0.25) is 0 Å². The first kappa shape index (κ1) is 19.7. The lowest BCUT2D eigenvalue weighted by molar-refractivity contribution is 0.252. The summed E-state index contributed by atoms with van der Waals surface area (Å²) >= 11 is 7.89. The number of hydrogen-bond acceptors (Lipinski definition) is 2. The molecule has 3 nitrogen and oxygen atoms in total. The molecule has 2 amide bonds. The molecular weight excluding hydrogens is 352 g/mol. The van der Waals surface area contributed by atoms with E-state index < -0.39 is 0 Å². The minimum absolute atomic E-state index is 0.200. The first-order valence-electron chi connectivity index (χ1n) is 8.33. The maximum atomic E-state index is 12.0. The monoisotopic (exact) mass is 376 g/mol. The Hall–Kier alpha value is -1.65. The maximum Gasteiger partial charge on any atom is 0.319 e. The van der Waals surface area contributed by atoms with Crippen LogP contribution in [-0.4, -0.2) is 18.3 Å². The first-order valence-corrected chi connectivity index (χ1v) is 9.86. The first-order chi connectivity index (χ1) is 11.9. The van der Waals surface area contributed by atoms with Gasteiger partial charge in [0.15, 0.2) is 0 Å². The van der Waals surface area contributed by atoms with Crippen molar-refractivity contribution >= 4 is 35.1 Å². The largest absolute Gasteiger partial charge is 0.337 e. The average Bonchev–Trinajstić information content (AvgIpc) is 2.53. The van der Waals surface area contributed by atoms with E-state index in [1.165, 1.54) is 22.3 Å². The lowest BCUT2D eigenvalue weighted by atomic mass is 10.0. The van der Waals surface area contributed by atoms with E-state index >= 15 is 0 Å². The number of aryl methyl sites for hydroxylation is 3. The Bertz CT molecular complexity index is 738. The predicted octanol–water partition coefficient (Wildman–Crippen LogP) is 5.63. The summed E-state index contributed by atoms with van der Waals surface area (Å²) in [4.78, 5) is 12.0. The highest BCUT2D eigenvalue weighted by molar-refractivity contribution is 7.98. The number of anilines is 1. The molecule has 0 spiro atoms. The number of nitrogens with one attached hydrogen (secondary N) is 2. The van der Waals surface area contributed by atoms with Crippen molar-refractivity contribution in [2.75, 3.05) is 17.6 Å². The van der Waals surface area contributed by atoms with Crippen LogP contribution >= 0.6 is 23.4 Å². The van der Waals surface area contributed by atoms with E-state index in [0.29, 0.717) is 11.6 Å². The third-order valence-corrected chi connectivity index (χ3v) is 5.53. The summed E-state index contributed by atoms with van der Waals surface area (Å²) in [5, 5.41) is 6.38. The number of amides is 2. The molecule has 0 aromatic heterocycles. The number of benzene rings is 2. The molecular formula is C20H25ClN2OS. The zero-order chi connectivity index (χ0) is 18.4. The molecule has 2 rings (SSSR count). The third-order valence-electron chi connectivity index (χ3n) is 4.13. The summed E-state index contributed by atoms with van der Waals surface area (Å²) in [6.07, 6.45) is 0. The molecule has 0 atom stereocenters. The van der Waals surface area contributed by atoms with Crippen LogP contribution in [-0.2, 0) is 5.75 Å². The van der Waals surface area contributed by atoms with Gasteiger partial charge in [-0.25, -0.2) is 4.79 Å². The summed E-state index contributed by atoms with van der Waals surface area (Å²) in [6.45, 7) is 8.96. The van der Waals surface area contributed by atoms with Crippen LogP contribution in [0.25, 0.3) is 0 Å². The van der Waals surface area contributed by atoms with Crippen molar-refractivity contribution in [2.24, 2.45) is 0 Å². The normalized spacial score (nSPS) is 10.6. The van der Waals surface area contributed by atoms with Gasteiger partial charge in [0.1, 0.15) is 0 Å². The minimum Gasteiger partial charge on any atom is -0.337 e. The molecule has 2 aromatic carbocycles. The van der Waals surface area contributed by atoms with Gasteiger partial charge in [-0.05, 0) is 62.1 Å². The van der Waals surface area contributed by atoms with Crippen LogP contribution in [0, 0.1) is 27.7 Å². The van der Waals surface area contributed by atoms with E-state index in [-0.39, 0.29) is 6.03 Å². The van der Waals surface area contributed by atoms with Crippen LogP contribution in [0.4, 0.5) is 10.5 Å². The molecule has 0 aliphatic heterocycles. The summed E-state index contributed by atoms with van der Waals surface area (Å²) in [5.41, 5.74) is 7.00. The second-order valence-electron chi connectivity index (χ2n) is 6.22. The van der Waals surface area contributed by atoms with Crippen molar-refractivity contribution in [1.82, 2.24) is 5.32 Å². The lowest BCUT2D eigenvalue weighted by Gasteiger charge is -2.12. The molecule has 0 unspecified atom stereocenters. The van der Waals surface area contributed by atoms with Crippen LogP contribution in [0.15, 0.2) is 30.3 Å². The van der Waals surface area contributed by atoms with E-state index in [9.17, 15) is 4.79 Å². The highest BCUT2D eigenvalue weighted by Gasteiger charge is 2.07. The van der Waals surface area contributed by atoms with Crippen molar-refractivity contribution in [3.05, 3.63) is 63.2 Å². The number of thioether (sulfide) groups is 1. The van der Waals surface area contributed by atoms with Gasteiger partial charge in [-0.1, -0.05) is 35.4 Å². The molecule has 134 valence electrons. The fourth-order valence-corrected chi connectivity index (χ4v) is 3.98. The highest BCUT2D eigenvalue weighted by atomic mass is 35.5. The second kappa shape index (κ2) is 9.16. The SMILES string of the molecule is Cc1cc(C)c(CSCCNC(=O)Nc2cccc(Cl)c2C)c(C)c1. The highest BCUT2D eigenvalue weighted by Crippen LogP contribution is 2.23. The molecule has 0 bridgehead atoms. The van der Waals surface area contributed by atoms with E-state index in [4.69, 9.17) is 11.6 Å². The fourth-order valence-electron chi connectivity index (χ4n) is 2.76. The standard InChI is InChI=1S/C20H25ClN2OS/c1-13-10-14(2)17(15(3)11-13)12-25-9-8-22-20(24)23-19-7-5-6-18(21)16(19)4/h5-7,10-11H,8-9,12H2,1-4H3,(H2,22,23,24). The zero-order valence-electron chi connectivity index (χ0n) is 15.2. The molecule has 25 heavy (non-hydrogen) atoms. The van der Waals surface area contributed by atoms with Gasteiger partial charge in [-0.15, -0.1) is 0 Å². The summed E-state index contributed by atoms with van der Waals surface area (Å²) in [6, 6.07) is 9.73. The molecule has 2 aromatic rings. The number of hydrogen-bond donors (Lipinski definition) is 2. The Balaban J connectivity index is 1.74. The molecule has 2 N–H and O–H groups in total. The third kappa shape index (κ3) is 5.68.